The van der Waals surface area contributed by atoms with E-state index in [9.17, 15) is 27.9 Å². The fourth-order valence-electron chi connectivity index (χ4n) is 7.01. The van der Waals surface area contributed by atoms with Crippen molar-refractivity contribution < 1.29 is 32.6 Å². The molecule has 17 heteroatoms. The zero-order valence-electron chi connectivity index (χ0n) is 31.4. The zero-order chi connectivity index (χ0) is 39.7. The molecule has 1 atom stereocenters. The highest BCUT2D eigenvalue weighted by molar-refractivity contribution is 6.30. The maximum atomic E-state index is 13.1. The number of aliphatic hydroxyl groups is 1. The molecule has 2 aromatic carbocycles. The number of benzene rings is 2. The van der Waals surface area contributed by atoms with Crippen LogP contribution in [0.2, 0.25) is 5.02 Å². The van der Waals surface area contributed by atoms with Gasteiger partial charge in [0.05, 0.1) is 11.2 Å². The van der Waals surface area contributed by atoms with Gasteiger partial charge in [0.2, 0.25) is 17.7 Å². The van der Waals surface area contributed by atoms with Crippen molar-refractivity contribution in [2.24, 2.45) is 10.8 Å². The molecule has 1 saturated heterocycles. The van der Waals surface area contributed by atoms with Gasteiger partial charge in [-0.1, -0.05) is 37.6 Å². The van der Waals surface area contributed by atoms with Gasteiger partial charge in [0.15, 0.2) is 12.7 Å². The van der Waals surface area contributed by atoms with Gasteiger partial charge in [-0.2, -0.15) is 28.1 Å². The van der Waals surface area contributed by atoms with E-state index >= 15 is 0 Å². The van der Waals surface area contributed by atoms with Gasteiger partial charge in [-0.3, -0.25) is 9.59 Å². The van der Waals surface area contributed by atoms with Crippen molar-refractivity contribution in [2.75, 3.05) is 56.5 Å². The Bertz CT molecular complexity index is 1950. The number of anilines is 3. The summed E-state index contributed by atoms with van der Waals surface area (Å²) in [5.74, 6) is -0.690. The van der Waals surface area contributed by atoms with E-state index in [1.807, 2.05) is 26.0 Å². The molecule has 3 aliphatic carbocycles. The van der Waals surface area contributed by atoms with Gasteiger partial charge in [-0.25, -0.2) is 0 Å². The lowest BCUT2D eigenvalue weighted by molar-refractivity contribution is -0.154. The van der Waals surface area contributed by atoms with Gasteiger partial charge in [-0.05, 0) is 99.0 Å². The predicted octanol–water partition coefficient (Wildman–Crippen LogP) is 5.28. The van der Waals surface area contributed by atoms with Crippen LogP contribution in [0.25, 0.3) is 0 Å². The van der Waals surface area contributed by atoms with E-state index in [0.717, 1.165) is 57.4 Å². The number of rotatable bonds is 18. The van der Waals surface area contributed by atoms with Crippen molar-refractivity contribution >= 4 is 40.9 Å². The summed E-state index contributed by atoms with van der Waals surface area (Å²) in [4.78, 5) is 40.7. The van der Waals surface area contributed by atoms with Crippen molar-refractivity contribution in [1.29, 1.82) is 0 Å². The Kier molecular flexibility index (Phi) is 11.1. The number of halogens is 4. The third-order valence-electron chi connectivity index (χ3n) is 10.8. The Labute approximate surface area is 328 Å². The van der Waals surface area contributed by atoms with Gasteiger partial charge in [0.25, 0.3) is 5.91 Å². The number of aliphatic hydroxyl groups excluding tert-OH is 1. The first-order valence-corrected chi connectivity index (χ1v) is 19.3. The molecule has 300 valence electrons. The number of aromatic nitrogens is 3. The molecule has 3 fully saturated rings. The highest BCUT2D eigenvalue weighted by Crippen LogP contribution is 2.48. The van der Waals surface area contributed by atoms with Crippen LogP contribution in [-0.4, -0.2) is 94.8 Å². The molecule has 2 heterocycles. The molecular formula is C39H47ClF3N9O4. The Morgan fingerprint density at radius 3 is 2.27 bits per heavy atom. The smallest absolute Gasteiger partial charge is 0.422 e. The summed E-state index contributed by atoms with van der Waals surface area (Å²) in [6.07, 6.45) is 0.507. The van der Waals surface area contributed by atoms with E-state index in [0.29, 0.717) is 40.8 Å². The molecular weight excluding hydrogens is 751 g/mol. The van der Waals surface area contributed by atoms with Crippen LogP contribution in [0.5, 0.6) is 6.01 Å². The summed E-state index contributed by atoms with van der Waals surface area (Å²) in [5.41, 5.74) is 1.94. The van der Waals surface area contributed by atoms with E-state index < -0.39 is 35.9 Å². The molecule has 1 amide bonds. The molecule has 13 nitrogen and oxygen atoms in total. The number of Topliss-reactive ketones (excluding diaryl/α,β-unsaturated/α-hetero) is 1. The number of nitrogens with zero attached hydrogens (tertiary/aromatic N) is 4. The third-order valence-corrected chi connectivity index (χ3v) is 11.0. The van der Waals surface area contributed by atoms with Crippen molar-refractivity contribution in [3.05, 3.63) is 76.1 Å². The second-order valence-electron chi connectivity index (χ2n) is 16.2. The average molecular weight is 798 g/mol. The molecule has 0 radical (unpaired) electrons. The van der Waals surface area contributed by atoms with Crippen LogP contribution < -0.4 is 31.3 Å². The van der Waals surface area contributed by atoms with Crippen molar-refractivity contribution in [3.8, 4) is 6.01 Å². The van der Waals surface area contributed by atoms with Crippen molar-refractivity contribution in [1.82, 2.24) is 35.8 Å². The zero-order valence-corrected chi connectivity index (χ0v) is 32.1. The van der Waals surface area contributed by atoms with E-state index in [2.05, 4.69) is 46.4 Å². The second-order valence-corrected chi connectivity index (χ2v) is 16.6. The highest BCUT2D eigenvalue weighted by Gasteiger charge is 2.47. The first-order valence-electron chi connectivity index (χ1n) is 18.9. The van der Waals surface area contributed by atoms with Crippen LogP contribution in [-0.2, 0) is 10.3 Å². The number of likely N-dealkylation sites (tertiary alicyclic amines) is 1. The Hall–Kier alpha value is -4.67. The third kappa shape index (κ3) is 9.82. The number of carbonyl (C=O) groups is 2. The number of ketones is 1. The number of amides is 1. The minimum absolute atomic E-state index is 0.0291. The standard InChI is InChI=1S/C39H47ClF3N9O4/c1-36(2,19-44-28-29(31(54)30(28)53)45-21-37(13-14-37)22-52-17-3-4-18-52)20-46-32(55)24-5-11-27(12-6-24)47-33-48-34(50-35(49-33)56-23-39(41,42)43)51-38(15-16-38)25-7-9-26(40)10-8-25/h5-12,31,44-45,54H,3-4,13-23H2,1-2H3,(H,46,55)(H2,47,48,49,50,51). The number of hydrogen-bond acceptors (Lipinski definition) is 12. The Balaban J connectivity index is 0.930. The fraction of sp³-hybridized carbons (Fsp3) is 0.513. The summed E-state index contributed by atoms with van der Waals surface area (Å²) >= 11 is 6.05. The average Bonchev–Trinajstić information content (AvgIpc) is 4.06. The van der Waals surface area contributed by atoms with Crippen molar-refractivity contribution in [3.63, 3.8) is 0 Å². The molecule has 0 spiro atoms. The quantitative estimate of drug-likeness (QED) is 0.0989. The van der Waals surface area contributed by atoms with Crippen LogP contribution in [0.3, 0.4) is 0 Å². The minimum atomic E-state index is -4.60. The number of alkyl halides is 3. The number of carbonyl (C=O) groups excluding carboxylic acids is 2. The summed E-state index contributed by atoms with van der Waals surface area (Å²) in [6, 6.07) is 13.2. The lowest BCUT2D eigenvalue weighted by Crippen LogP contribution is -2.51. The van der Waals surface area contributed by atoms with Crippen LogP contribution in [0.15, 0.2) is 59.9 Å². The summed E-state index contributed by atoms with van der Waals surface area (Å²) < 4.78 is 43.8. The number of hydrogen-bond donors (Lipinski definition) is 6. The minimum Gasteiger partial charge on any atom is -0.454 e. The molecule has 4 aliphatic rings. The monoisotopic (exact) mass is 797 g/mol. The predicted molar refractivity (Wildman–Crippen MR) is 205 cm³/mol. The molecule has 6 N–H and O–H groups in total. The van der Waals surface area contributed by atoms with Gasteiger partial charge in [-0.15, -0.1) is 0 Å². The molecule has 2 saturated carbocycles. The maximum Gasteiger partial charge on any atom is 0.422 e. The molecule has 1 aromatic heterocycles. The topological polar surface area (TPSA) is 166 Å². The van der Waals surface area contributed by atoms with E-state index in [-0.39, 0.29) is 29.0 Å². The van der Waals surface area contributed by atoms with Crippen LogP contribution in [0, 0.1) is 10.8 Å². The largest absolute Gasteiger partial charge is 0.454 e. The Morgan fingerprint density at radius 1 is 0.946 bits per heavy atom. The SMILES string of the molecule is CC(C)(CNC(=O)c1ccc(Nc2nc(NC3(c4ccc(Cl)cc4)CC3)nc(OCC(F)(F)F)n2)cc1)CNC1=C(NCC2(CN3CCCC3)CC2)C(O)C1=O. The van der Waals surface area contributed by atoms with E-state index in [4.69, 9.17) is 16.3 Å². The normalized spacial score (nSPS) is 19.9. The molecule has 0 bridgehead atoms. The lowest BCUT2D eigenvalue weighted by atomic mass is 9.90. The number of nitrogens with one attached hydrogen (secondary N) is 5. The number of ether oxygens (including phenoxy) is 1. The maximum absolute atomic E-state index is 13.1. The highest BCUT2D eigenvalue weighted by atomic mass is 35.5. The Morgan fingerprint density at radius 2 is 1.62 bits per heavy atom. The van der Waals surface area contributed by atoms with Crippen LogP contribution >= 0.6 is 11.6 Å². The summed E-state index contributed by atoms with van der Waals surface area (Å²) in [5, 5.41) is 26.7. The van der Waals surface area contributed by atoms with Crippen molar-refractivity contribution in [2.45, 2.75) is 70.2 Å². The summed E-state index contributed by atoms with van der Waals surface area (Å²) in [7, 11) is 0. The molecule has 1 unspecified atom stereocenters. The summed E-state index contributed by atoms with van der Waals surface area (Å²) in [6.45, 7) is 7.05. The first kappa shape index (κ1) is 39.6. The fourth-order valence-corrected chi connectivity index (χ4v) is 7.14. The molecule has 7 rings (SSSR count). The van der Waals surface area contributed by atoms with E-state index in [1.165, 1.54) is 12.8 Å². The van der Waals surface area contributed by atoms with Gasteiger partial charge in [0.1, 0.15) is 5.70 Å². The molecule has 56 heavy (non-hydrogen) atoms. The van der Waals surface area contributed by atoms with Gasteiger partial charge < -0.3 is 41.3 Å². The van der Waals surface area contributed by atoms with E-state index in [1.54, 1.807) is 36.4 Å². The first-order chi connectivity index (χ1) is 26.6. The lowest BCUT2D eigenvalue weighted by Gasteiger charge is -2.34. The van der Waals surface area contributed by atoms with Gasteiger partial charge in [0, 0.05) is 47.9 Å². The second kappa shape index (κ2) is 15.7. The molecule has 3 aromatic rings. The molecule has 1 aliphatic heterocycles. The van der Waals surface area contributed by atoms with Crippen LogP contribution in [0.4, 0.5) is 30.8 Å². The van der Waals surface area contributed by atoms with Crippen LogP contribution in [0.1, 0.15) is 68.3 Å². The van der Waals surface area contributed by atoms with Gasteiger partial charge >= 0.3 is 12.2 Å².